The third kappa shape index (κ3) is 2.38. The maximum atomic E-state index is 12.1. The van der Waals surface area contributed by atoms with Gasteiger partial charge in [0, 0.05) is 11.8 Å². The fourth-order valence-electron chi connectivity index (χ4n) is 2.60. The van der Waals surface area contributed by atoms with Crippen molar-refractivity contribution in [3.8, 4) is 0 Å². The predicted octanol–water partition coefficient (Wildman–Crippen LogP) is 1.83. The molecule has 92 valence electrons. The van der Waals surface area contributed by atoms with Crippen LogP contribution in [0.25, 0.3) is 0 Å². The van der Waals surface area contributed by atoms with Crippen molar-refractivity contribution in [3.63, 3.8) is 0 Å². The van der Waals surface area contributed by atoms with E-state index in [1.165, 1.54) is 18.6 Å². The number of carbonyl (C=O) groups is 1. The van der Waals surface area contributed by atoms with Crippen molar-refractivity contribution in [1.29, 1.82) is 0 Å². The minimum atomic E-state index is 0.0661. The third-order valence-corrected chi connectivity index (χ3v) is 4.95. The summed E-state index contributed by atoms with van der Waals surface area (Å²) in [5.74, 6) is 1.59. The van der Waals surface area contributed by atoms with Gasteiger partial charge >= 0.3 is 0 Å². The van der Waals surface area contributed by atoms with Crippen molar-refractivity contribution >= 4 is 17.7 Å². The topological polar surface area (TPSA) is 32.3 Å². The molecular formula is C12H22N2OS. The second-order valence-corrected chi connectivity index (χ2v) is 6.09. The van der Waals surface area contributed by atoms with Crippen LogP contribution in [0.4, 0.5) is 0 Å². The minimum Gasteiger partial charge on any atom is -0.325 e. The Morgan fingerprint density at radius 2 is 2.25 bits per heavy atom. The molecule has 3 nitrogen and oxygen atoms in total. The summed E-state index contributed by atoms with van der Waals surface area (Å²) in [6.07, 6.45) is 4.79. The van der Waals surface area contributed by atoms with E-state index in [9.17, 15) is 4.79 Å². The molecule has 0 aromatic heterocycles. The number of hydrogen-bond donors (Lipinski definition) is 1. The van der Waals surface area contributed by atoms with E-state index in [1.54, 1.807) is 0 Å². The zero-order valence-corrected chi connectivity index (χ0v) is 11.1. The largest absolute Gasteiger partial charge is 0.325 e. The lowest BCUT2D eigenvalue weighted by molar-refractivity contribution is -0.130. The fraction of sp³-hybridized carbons (Fsp3) is 0.917. The maximum absolute atomic E-state index is 12.1. The molecule has 2 heterocycles. The van der Waals surface area contributed by atoms with Crippen LogP contribution in [0.15, 0.2) is 0 Å². The van der Waals surface area contributed by atoms with Crippen molar-refractivity contribution in [3.05, 3.63) is 0 Å². The van der Waals surface area contributed by atoms with E-state index in [2.05, 4.69) is 24.1 Å². The van der Waals surface area contributed by atoms with Gasteiger partial charge in [-0.25, -0.2) is 0 Å². The summed E-state index contributed by atoms with van der Waals surface area (Å²) < 4.78 is 0. The van der Waals surface area contributed by atoms with Crippen LogP contribution >= 0.6 is 11.8 Å². The highest BCUT2D eigenvalue weighted by atomic mass is 32.2. The van der Waals surface area contributed by atoms with Gasteiger partial charge in [-0.3, -0.25) is 10.1 Å². The molecular weight excluding hydrogens is 220 g/mol. The van der Waals surface area contributed by atoms with Crippen molar-refractivity contribution in [2.45, 2.75) is 57.0 Å². The summed E-state index contributed by atoms with van der Waals surface area (Å²) >= 11 is 2.03. The first-order chi connectivity index (χ1) is 7.76. The van der Waals surface area contributed by atoms with Gasteiger partial charge in [0.15, 0.2) is 0 Å². The number of hydrogen-bond acceptors (Lipinski definition) is 3. The highest BCUT2D eigenvalue weighted by Crippen LogP contribution is 2.28. The monoisotopic (exact) mass is 242 g/mol. The molecule has 1 amide bonds. The summed E-state index contributed by atoms with van der Waals surface area (Å²) in [6, 6.07) is 0.0661. The zero-order valence-electron chi connectivity index (χ0n) is 10.2. The molecule has 2 saturated heterocycles. The Morgan fingerprint density at radius 1 is 1.44 bits per heavy atom. The van der Waals surface area contributed by atoms with Crippen molar-refractivity contribution < 1.29 is 4.79 Å². The van der Waals surface area contributed by atoms with Gasteiger partial charge in [-0.1, -0.05) is 13.8 Å². The van der Waals surface area contributed by atoms with Gasteiger partial charge in [-0.15, -0.1) is 0 Å². The van der Waals surface area contributed by atoms with E-state index in [4.69, 9.17) is 0 Å². The standard InChI is InChI=1S/C12H22N2OS/c1-3-10-12(15)14(11(4-2)13-10)8-9-6-5-7-16-9/h9-11,13H,3-8H2,1-2H3. The maximum Gasteiger partial charge on any atom is 0.241 e. The molecule has 0 aromatic carbocycles. The minimum absolute atomic E-state index is 0.0661. The van der Waals surface area contributed by atoms with E-state index >= 15 is 0 Å². The summed E-state index contributed by atoms with van der Waals surface area (Å²) in [7, 11) is 0. The first-order valence-corrected chi connectivity index (χ1v) is 7.49. The van der Waals surface area contributed by atoms with Crippen molar-refractivity contribution in [2.24, 2.45) is 0 Å². The number of nitrogens with one attached hydrogen (secondary N) is 1. The van der Waals surface area contributed by atoms with E-state index in [0.29, 0.717) is 11.2 Å². The van der Waals surface area contributed by atoms with Crippen molar-refractivity contribution in [2.75, 3.05) is 12.3 Å². The van der Waals surface area contributed by atoms with Crippen LogP contribution in [0, 0.1) is 0 Å². The molecule has 2 fully saturated rings. The lowest BCUT2D eigenvalue weighted by Gasteiger charge is -2.25. The van der Waals surface area contributed by atoms with Crippen molar-refractivity contribution in [1.82, 2.24) is 10.2 Å². The Balaban J connectivity index is 1.97. The van der Waals surface area contributed by atoms with Gasteiger partial charge in [0.2, 0.25) is 5.91 Å². The molecule has 0 aliphatic carbocycles. The molecule has 0 spiro atoms. The fourth-order valence-corrected chi connectivity index (χ4v) is 3.87. The normalized spacial score (nSPS) is 35.0. The number of rotatable bonds is 4. The molecule has 3 unspecified atom stereocenters. The van der Waals surface area contributed by atoms with Gasteiger partial charge < -0.3 is 4.90 Å². The van der Waals surface area contributed by atoms with Gasteiger partial charge in [0.05, 0.1) is 12.2 Å². The molecule has 2 aliphatic heterocycles. The van der Waals surface area contributed by atoms with Gasteiger partial charge in [0.1, 0.15) is 0 Å². The summed E-state index contributed by atoms with van der Waals surface area (Å²) in [5, 5.41) is 4.11. The average molecular weight is 242 g/mol. The van der Waals surface area contributed by atoms with E-state index in [0.717, 1.165) is 19.4 Å². The predicted molar refractivity (Wildman–Crippen MR) is 68.5 cm³/mol. The molecule has 0 saturated carbocycles. The van der Waals surface area contributed by atoms with Crippen LogP contribution in [0.1, 0.15) is 39.5 Å². The average Bonchev–Trinajstić information content (AvgIpc) is 2.89. The lowest BCUT2D eigenvalue weighted by Crippen LogP contribution is -2.40. The highest BCUT2D eigenvalue weighted by Gasteiger charge is 2.38. The van der Waals surface area contributed by atoms with E-state index in [1.807, 2.05) is 11.8 Å². The number of nitrogens with zero attached hydrogens (tertiary/aromatic N) is 1. The SMILES string of the molecule is CCC1NC(CC)N(CC2CCCS2)C1=O. The van der Waals surface area contributed by atoms with Gasteiger partial charge in [0.25, 0.3) is 0 Å². The van der Waals surface area contributed by atoms with Gasteiger partial charge in [-0.05, 0) is 31.4 Å². The van der Waals surface area contributed by atoms with Crippen LogP contribution in [-0.4, -0.2) is 40.6 Å². The molecule has 2 aliphatic rings. The second kappa shape index (κ2) is 5.41. The smallest absolute Gasteiger partial charge is 0.241 e. The Labute approximate surface area is 102 Å². The number of amides is 1. The molecule has 4 heteroatoms. The molecule has 1 N–H and O–H groups in total. The number of carbonyl (C=O) groups excluding carboxylic acids is 1. The molecule has 3 atom stereocenters. The van der Waals surface area contributed by atoms with E-state index in [-0.39, 0.29) is 12.2 Å². The summed E-state index contributed by atoms with van der Waals surface area (Å²) in [5.41, 5.74) is 0. The highest BCUT2D eigenvalue weighted by molar-refractivity contribution is 8.00. The lowest BCUT2D eigenvalue weighted by atomic mass is 10.2. The quantitative estimate of drug-likeness (QED) is 0.816. The summed E-state index contributed by atoms with van der Waals surface area (Å²) in [6.45, 7) is 5.18. The van der Waals surface area contributed by atoms with Crippen LogP contribution in [0.3, 0.4) is 0 Å². The van der Waals surface area contributed by atoms with Crippen LogP contribution in [0.2, 0.25) is 0 Å². The second-order valence-electron chi connectivity index (χ2n) is 4.68. The zero-order chi connectivity index (χ0) is 11.5. The molecule has 0 radical (unpaired) electrons. The van der Waals surface area contributed by atoms with Crippen LogP contribution in [0.5, 0.6) is 0 Å². The first kappa shape index (κ1) is 12.2. The van der Waals surface area contributed by atoms with Gasteiger partial charge in [-0.2, -0.15) is 11.8 Å². The Bertz CT molecular complexity index is 253. The third-order valence-electron chi connectivity index (χ3n) is 3.57. The molecule has 0 aromatic rings. The van der Waals surface area contributed by atoms with Crippen LogP contribution in [-0.2, 0) is 4.79 Å². The molecule has 16 heavy (non-hydrogen) atoms. The molecule has 2 rings (SSSR count). The number of thioether (sulfide) groups is 1. The Hall–Kier alpha value is -0.220. The summed E-state index contributed by atoms with van der Waals surface area (Å²) in [4.78, 5) is 14.2. The first-order valence-electron chi connectivity index (χ1n) is 6.44. The van der Waals surface area contributed by atoms with E-state index < -0.39 is 0 Å². The molecule has 0 bridgehead atoms. The van der Waals surface area contributed by atoms with Crippen LogP contribution < -0.4 is 5.32 Å². The Kier molecular flexibility index (Phi) is 4.14. The Morgan fingerprint density at radius 3 is 2.81 bits per heavy atom.